The highest BCUT2D eigenvalue weighted by molar-refractivity contribution is 5.95. The predicted octanol–water partition coefficient (Wildman–Crippen LogP) is 0.893. The van der Waals surface area contributed by atoms with Crippen molar-refractivity contribution in [3.63, 3.8) is 0 Å². The quantitative estimate of drug-likeness (QED) is 0.677. The number of rotatable bonds is 6. The molecule has 0 aliphatic rings. The molecular weight excluding hydrogens is 300 g/mol. The molecule has 120 valence electrons. The minimum Gasteiger partial charge on any atom is -0.452 e. The SMILES string of the molecule is C[C@H](OC(=O)CCNC(N)=O)C(=O)Nc1ccc(F)c(F)c1. The van der Waals surface area contributed by atoms with Crippen LogP contribution in [0.15, 0.2) is 18.2 Å². The lowest BCUT2D eigenvalue weighted by molar-refractivity contribution is -0.153. The lowest BCUT2D eigenvalue weighted by Crippen LogP contribution is -2.33. The minimum atomic E-state index is -1.14. The van der Waals surface area contributed by atoms with Crippen molar-refractivity contribution in [2.45, 2.75) is 19.4 Å². The fraction of sp³-hybridized carbons (Fsp3) is 0.308. The summed E-state index contributed by atoms with van der Waals surface area (Å²) in [5.74, 6) is -3.58. The number of amides is 3. The Morgan fingerprint density at radius 3 is 2.55 bits per heavy atom. The third-order valence-electron chi connectivity index (χ3n) is 2.49. The summed E-state index contributed by atoms with van der Waals surface area (Å²) in [4.78, 5) is 33.5. The first-order valence-corrected chi connectivity index (χ1v) is 6.28. The molecule has 0 radical (unpaired) electrons. The summed E-state index contributed by atoms with van der Waals surface area (Å²) in [6.45, 7) is 1.29. The Morgan fingerprint density at radius 1 is 1.27 bits per heavy atom. The van der Waals surface area contributed by atoms with Gasteiger partial charge in [-0.05, 0) is 19.1 Å². The van der Waals surface area contributed by atoms with E-state index < -0.39 is 35.6 Å². The van der Waals surface area contributed by atoms with Gasteiger partial charge in [-0.15, -0.1) is 0 Å². The van der Waals surface area contributed by atoms with Crippen LogP contribution >= 0.6 is 0 Å². The number of carbonyl (C=O) groups is 3. The Balaban J connectivity index is 2.45. The van der Waals surface area contributed by atoms with Gasteiger partial charge in [0.2, 0.25) is 0 Å². The van der Waals surface area contributed by atoms with Crippen LogP contribution in [-0.4, -0.2) is 30.6 Å². The molecule has 0 saturated heterocycles. The molecule has 0 aliphatic heterocycles. The molecule has 1 rings (SSSR count). The topological polar surface area (TPSA) is 111 Å². The van der Waals surface area contributed by atoms with Gasteiger partial charge >= 0.3 is 12.0 Å². The van der Waals surface area contributed by atoms with Gasteiger partial charge in [0.05, 0.1) is 6.42 Å². The van der Waals surface area contributed by atoms with Crippen molar-refractivity contribution < 1.29 is 27.9 Å². The maximum atomic E-state index is 13.0. The van der Waals surface area contributed by atoms with E-state index in [2.05, 4.69) is 10.6 Å². The molecule has 1 atom stereocenters. The van der Waals surface area contributed by atoms with Gasteiger partial charge in [0, 0.05) is 18.3 Å². The second kappa shape index (κ2) is 7.91. The number of ether oxygens (including phenoxy) is 1. The van der Waals surface area contributed by atoms with Crippen molar-refractivity contribution >= 4 is 23.6 Å². The van der Waals surface area contributed by atoms with E-state index >= 15 is 0 Å². The number of hydrogen-bond donors (Lipinski definition) is 3. The van der Waals surface area contributed by atoms with E-state index in [0.717, 1.165) is 12.1 Å². The first-order chi connectivity index (χ1) is 10.3. The molecular formula is C13H15F2N3O4. The summed E-state index contributed by atoms with van der Waals surface area (Å²) in [7, 11) is 0. The van der Waals surface area contributed by atoms with E-state index in [9.17, 15) is 23.2 Å². The zero-order chi connectivity index (χ0) is 16.7. The molecule has 0 spiro atoms. The average Bonchev–Trinajstić information content (AvgIpc) is 2.42. The molecule has 9 heteroatoms. The molecule has 4 N–H and O–H groups in total. The Morgan fingerprint density at radius 2 is 1.95 bits per heavy atom. The van der Waals surface area contributed by atoms with Crippen LogP contribution in [0.4, 0.5) is 19.3 Å². The van der Waals surface area contributed by atoms with E-state index in [0.29, 0.717) is 0 Å². The smallest absolute Gasteiger partial charge is 0.312 e. The molecule has 0 aromatic heterocycles. The third-order valence-corrected chi connectivity index (χ3v) is 2.49. The van der Waals surface area contributed by atoms with Gasteiger partial charge in [-0.2, -0.15) is 0 Å². The predicted molar refractivity (Wildman–Crippen MR) is 72.7 cm³/mol. The minimum absolute atomic E-state index is 0.0221. The fourth-order valence-electron chi connectivity index (χ4n) is 1.42. The van der Waals surface area contributed by atoms with Gasteiger partial charge in [0.25, 0.3) is 5.91 Å². The van der Waals surface area contributed by atoms with Crippen molar-refractivity contribution in [2.24, 2.45) is 5.73 Å². The van der Waals surface area contributed by atoms with E-state index in [4.69, 9.17) is 10.5 Å². The van der Waals surface area contributed by atoms with Crippen molar-refractivity contribution in [3.8, 4) is 0 Å². The lowest BCUT2D eigenvalue weighted by atomic mass is 10.2. The van der Waals surface area contributed by atoms with Crippen LogP contribution in [0, 0.1) is 11.6 Å². The van der Waals surface area contributed by atoms with E-state index in [1.807, 2.05) is 0 Å². The first kappa shape index (κ1) is 17.3. The Kier molecular flexibility index (Phi) is 6.24. The van der Waals surface area contributed by atoms with Gasteiger partial charge in [-0.1, -0.05) is 0 Å². The van der Waals surface area contributed by atoms with E-state index in [1.54, 1.807) is 0 Å². The van der Waals surface area contributed by atoms with Crippen molar-refractivity contribution in [3.05, 3.63) is 29.8 Å². The summed E-state index contributed by atoms with van der Waals surface area (Å²) in [6.07, 6.45) is -1.31. The number of anilines is 1. The zero-order valence-corrected chi connectivity index (χ0v) is 11.7. The van der Waals surface area contributed by atoms with E-state index in [1.165, 1.54) is 13.0 Å². The number of benzene rings is 1. The molecule has 7 nitrogen and oxygen atoms in total. The highest BCUT2D eigenvalue weighted by atomic mass is 19.2. The fourth-order valence-corrected chi connectivity index (χ4v) is 1.42. The van der Waals surface area contributed by atoms with Gasteiger partial charge in [0.15, 0.2) is 17.7 Å². The van der Waals surface area contributed by atoms with Crippen LogP contribution in [0.5, 0.6) is 0 Å². The van der Waals surface area contributed by atoms with Gasteiger partial charge in [-0.3, -0.25) is 9.59 Å². The number of urea groups is 1. The molecule has 0 fully saturated rings. The number of nitrogens with one attached hydrogen (secondary N) is 2. The summed E-state index contributed by atoms with van der Waals surface area (Å²) < 4.78 is 30.5. The monoisotopic (exact) mass is 315 g/mol. The summed E-state index contributed by atoms with van der Waals surface area (Å²) in [5.41, 5.74) is 4.84. The largest absolute Gasteiger partial charge is 0.452 e. The Labute approximate surface area is 124 Å². The maximum Gasteiger partial charge on any atom is 0.312 e. The van der Waals surface area contributed by atoms with Crippen LogP contribution in [0.2, 0.25) is 0 Å². The van der Waals surface area contributed by atoms with Crippen LogP contribution < -0.4 is 16.4 Å². The number of esters is 1. The molecule has 22 heavy (non-hydrogen) atoms. The molecule has 0 saturated carbocycles. The van der Waals surface area contributed by atoms with Crippen molar-refractivity contribution in [1.29, 1.82) is 0 Å². The highest BCUT2D eigenvalue weighted by Gasteiger charge is 2.18. The van der Waals surface area contributed by atoms with Crippen molar-refractivity contribution in [2.75, 3.05) is 11.9 Å². The first-order valence-electron chi connectivity index (χ1n) is 6.28. The van der Waals surface area contributed by atoms with Crippen LogP contribution in [-0.2, 0) is 14.3 Å². The number of hydrogen-bond acceptors (Lipinski definition) is 4. The Hall–Kier alpha value is -2.71. The number of carbonyl (C=O) groups excluding carboxylic acids is 3. The zero-order valence-electron chi connectivity index (χ0n) is 11.7. The van der Waals surface area contributed by atoms with Gasteiger partial charge in [-0.25, -0.2) is 13.6 Å². The molecule has 0 unspecified atom stereocenters. The maximum absolute atomic E-state index is 13.0. The summed E-state index contributed by atoms with van der Waals surface area (Å²) in [6, 6.07) is 2.05. The molecule has 1 aromatic rings. The number of halogens is 2. The highest BCUT2D eigenvalue weighted by Crippen LogP contribution is 2.13. The second-order valence-corrected chi connectivity index (χ2v) is 4.29. The van der Waals surface area contributed by atoms with Crippen LogP contribution in [0.25, 0.3) is 0 Å². The third kappa shape index (κ3) is 5.73. The molecule has 1 aromatic carbocycles. The summed E-state index contributed by atoms with van der Waals surface area (Å²) >= 11 is 0. The second-order valence-electron chi connectivity index (χ2n) is 4.29. The van der Waals surface area contributed by atoms with Crippen LogP contribution in [0.1, 0.15) is 13.3 Å². The van der Waals surface area contributed by atoms with Crippen LogP contribution in [0.3, 0.4) is 0 Å². The number of nitrogens with two attached hydrogens (primary N) is 1. The average molecular weight is 315 g/mol. The molecule has 3 amide bonds. The molecule has 0 heterocycles. The normalized spacial score (nSPS) is 11.4. The van der Waals surface area contributed by atoms with Gasteiger partial charge < -0.3 is 21.1 Å². The van der Waals surface area contributed by atoms with Gasteiger partial charge in [0.1, 0.15) is 0 Å². The Bertz CT molecular complexity index is 580. The van der Waals surface area contributed by atoms with Crippen molar-refractivity contribution in [1.82, 2.24) is 5.32 Å². The van der Waals surface area contributed by atoms with E-state index in [-0.39, 0.29) is 18.7 Å². The molecule has 0 bridgehead atoms. The summed E-state index contributed by atoms with van der Waals surface area (Å²) in [5, 5.41) is 4.47. The standard InChI is InChI=1S/C13H15F2N3O4/c1-7(22-11(19)4-5-17-13(16)21)12(20)18-8-2-3-9(14)10(15)6-8/h2-3,6-7H,4-5H2,1H3,(H,18,20)(H3,16,17,21)/t7-/m0/s1. The number of primary amides is 1. The lowest BCUT2D eigenvalue weighted by Gasteiger charge is -2.13. The molecule has 0 aliphatic carbocycles.